The second-order valence-corrected chi connectivity index (χ2v) is 20.7. The Morgan fingerprint density at radius 3 is 1.13 bits per heavy atom. The van der Waals surface area contributed by atoms with Crippen molar-refractivity contribution in [2.75, 3.05) is 13.2 Å². The Bertz CT molecular complexity index is 1100. The van der Waals surface area contributed by atoms with Gasteiger partial charge in [0.25, 0.3) is 0 Å². The number of ether oxygens (including phenoxy) is 1. The molecule has 6 heteroatoms. The molecule has 0 aliphatic heterocycles. The number of hydrogen-bond acceptors (Lipinski definition) is 5. The van der Waals surface area contributed by atoms with Crippen LogP contribution >= 0.6 is 0 Å². The summed E-state index contributed by atoms with van der Waals surface area (Å²) in [6.07, 6.45) is 71.4. The number of amides is 1. The highest BCUT2D eigenvalue weighted by atomic mass is 16.5. The van der Waals surface area contributed by atoms with Crippen LogP contribution in [-0.4, -0.2) is 47.4 Å². The van der Waals surface area contributed by atoms with Gasteiger partial charge in [0, 0.05) is 12.8 Å². The highest BCUT2D eigenvalue weighted by molar-refractivity contribution is 5.76. The molecular weight excluding hydrogens is 839 g/mol. The van der Waals surface area contributed by atoms with Crippen LogP contribution in [0.4, 0.5) is 0 Å². The maximum absolute atomic E-state index is 12.5. The minimum absolute atomic E-state index is 0.0218. The summed E-state index contributed by atoms with van der Waals surface area (Å²) in [6, 6.07) is -0.559. The zero-order valence-corrected chi connectivity index (χ0v) is 45.6. The molecule has 6 nitrogen and oxygen atoms in total. The van der Waals surface area contributed by atoms with Crippen LogP contribution < -0.4 is 5.32 Å². The molecule has 2 unspecified atom stereocenters. The van der Waals surface area contributed by atoms with E-state index in [0.29, 0.717) is 25.9 Å². The van der Waals surface area contributed by atoms with Crippen LogP contribution in [0.3, 0.4) is 0 Å². The lowest BCUT2D eigenvalue weighted by Crippen LogP contribution is -2.45. The number of carbonyl (C=O) groups excluding carboxylic acids is 2. The zero-order chi connectivity index (χ0) is 49.3. The first-order chi connectivity index (χ1) is 33.5. The van der Waals surface area contributed by atoms with Gasteiger partial charge in [-0.05, 0) is 83.5 Å². The molecule has 400 valence electrons. The first kappa shape index (κ1) is 66.1. The van der Waals surface area contributed by atoms with E-state index in [-0.39, 0.29) is 18.5 Å². The molecular formula is C62H117NO5. The van der Waals surface area contributed by atoms with Crippen LogP contribution in [-0.2, 0) is 14.3 Å². The van der Waals surface area contributed by atoms with Crippen molar-refractivity contribution in [3.63, 3.8) is 0 Å². The minimum atomic E-state index is -0.679. The van der Waals surface area contributed by atoms with Gasteiger partial charge in [-0.1, -0.05) is 262 Å². The van der Waals surface area contributed by atoms with Gasteiger partial charge in [-0.15, -0.1) is 0 Å². The molecule has 0 aromatic carbocycles. The topological polar surface area (TPSA) is 95.9 Å². The van der Waals surface area contributed by atoms with E-state index in [4.69, 9.17) is 4.74 Å². The lowest BCUT2D eigenvalue weighted by molar-refractivity contribution is -0.143. The van der Waals surface area contributed by atoms with Gasteiger partial charge in [-0.25, -0.2) is 0 Å². The second-order valence-electron chi connectivity index (χ2n) is 20.7. The van der Waals surface area contributed by atoms with Gasteiger partial charge < -0.3 is 20.3 Å². The summed E-state index contributed by atoms with van der Waals surface area (Å²) in [4.78, 5) is 24.6. The third kappa shape index (κ3) is 53.4. The molecule has 0 saturated heterocycles. The Balaban J connectivity index is 3.50. The minimum Gasteiger partial charge on any atom is -0.466 e. The number of esters is 1. The number of carbonyl (C=O) groups is 2. The zero-order valence-electron chi connectivity index (χ0n) is 45.6. The fourth-order valence-electron chi connectivity index (χ4n) is 9.27. The van der Waals surface area contributed by atoms with Crippen molar-refractivity contribution in [3.8, 4) is 0 Å². The van der Waals surface area contributed by atoms with Crippen LogP contribution in [0, 0.1) is 0 Å². The van der Waals surface area contributed by atoms with Crippen LogP contribution in [0.2, 0.25) is 0 Å². The fourth-order valence-corrected chi connectivity index (χ4v) is 9.27. The van der Waals surface area contributed by atoms with Crippen molar-refractivity contribution in [1.82, 2.24) is 5.32 Å². The van der Waals surface area contributed by atoms with Gasteiger partial charge in [0.15, 0.2) is 0 Å². The van der Waals surface area contributed by atoms with Crippen LogP contribution in [0.1, 0.15) is 322 Å². The molecule has 3 N–H and O–H groups in total. The number of rotatable bonds is 56. The molecule has 0 aliphatic rings. The molecule has 0 radical (unpaired) electrons. The second kappa shape index (κ2) is 57.7. The van der Waals surface area contributed by atoms with E-state index >= 15 is 0 Å². The molecule has 2 atom stereocenters. The first-order valence-electron chi connectivity index (χ1n) is 30.3. The van der Waals surface area contributed by atoms with E-state index in [2.05, 4.69) is 55.6 Å². The van der Waals surface area contributed by atoms with Crippen LogP contribution in [0.15, 0.2) is 36.5 Å². The Morgan fingerprint density at radius 1 is 0.412 bits per heavy atom. The molecule has 0 bridgehead atoms. The lowest BCUT2D eigenvalue weighted by atomic mass is 10.0. The van der Waals surface area contributed by atoms with E-state index in [1.807, 2.05) is 0 Å². The van der Waals surface area contributed by atoms with E-state index in [0.717, 1.165) is 77.0 Å². The van der Waals surface area contributed by atoms with Crippen molar-refractivity contribution in [2.24, 2.45) is 0 Å². The van der Waals surface area contributed by atoms with Crippen molar-refractivity contribution >= 4 is 11.9 Å². The number of aliphatic hydroxyl groups is 2. The summed E-state index contributed by atoms with van der Waals surface area (Å²) in [5, 5.41) is 23.3. The molecule has 0 aromatic rings. The molecule has 0 aromatic heterocycles. The number of unbranched alkanes of at least 4 members (excludes halogenated alkanes) is 40. The normalized spacial score (nSPS) is 12.8. The lowest BCUT2D eigenvalue weighted by Gasteiger charge is -2.22. The molecule has 0 heterocycles. The molecule has 0 saturated carbocycles. The fraction of sp³-hybridized carbons (Fsp3) is 0.871. The SMILES string of the molecule is CCCCCCCC/C=C\CCCCCCCCCCCC(=O)OCCCCC/C=C\C=C/CCCCCCCCC(=O)NC(CO)C(O)CCCCCCCCCCCCCCCCCCC. The van der Waals surface area contributed by atoms with Gasteiger partial charge >= 0.3 is 5.97 Å². The first-order valence-corrected chi connectivity index (χ1v) is 30.3. The summed E-state index contributed by atoms with van der Waals surface area (Å²) in [5.74, 6) is -0.0777. The quantitative estimate of drug-likeness (QED) is 0.0244. The Labute approximate surface area is 424 Å². The Kier molecular flexibility index (Phi) is 56.0. The van der Waals surface area contributed by atoms with Crippen molar-refractivity contribution < 1.29 is 24.5 Å². The Hall–Kier alpha value is -1.92. The van der Waals surface area contributed by atoms with Gasteiger partial charge in [-0.3, -0.25) is 9.59 Å². The van der Waals surface area contributed by atoms with Crippen molar-refractivity contribution in [1.29, 1.82) is 0 Å². The molecule has 0 rings (SSSR count). The van der Waals surface area contributed by atoms with Crippen LogP contribution in [0.25, 0.3) is 0 Å². The largest absolute Gasteiger partial charge is 0.466 e. The average molecular weight is 957 g/mol. The number of aliphatic hydroxyl groups excluding tert-OH is 2. The van der Waals surface area contributed by atoms with E-state index < -0.39 is 12.1 Å². The molecule has 1 amide bonds. The van der Waals surface area contributed by atoms with Gasteiger partial charge in [0.2, 0.25) is 5.91 Å². The monoisotopic (exact) mass is 956 g/mol. The van der Waals surface area contributed by atoms with Gasteiger partial charge in [0.1, 0.15) is 0 Å². The summed E-state index contributed by atoms with van der Waals surface area (Å²) >= 11 is 0. The van der Waals surface area contributed by atoms with Crippen molar-refractivity contribution in [3.05, 3.63) is 36.5 Å². The third-order valence-electron chi connectivity index (χ3n) is 13.9. The van der Waals surface area contributed by atoms with Crippen LogP contribution in [0.5, 0.6) is 0 Å². The maximum atomic E-state index is 12.5. The number of allylic oxidation sites excluding steroid dienone is 6. The third-order valence-corrected chi connectivity index (χ3v) is 13.9. The number of nitrogens with one attached hydrogen (secondary N) is 1. The van der Waals surface area contributed by atoms with E-state index in [1.54, 1.807) is 0 Å². The molecule has 0 fully saturated rings. The molecule has 0 spiro atoms. The summed E-state index contributed by atoms with van der Waals surface area (Å²) in [6.45, 7) is 4.91. The average Bonchev–Trinajstić information content (AvgIpc) is 3.34. The summed E-state index contributed by atoms with van der Waals surface area (Å²) in [7, 11) is 0. The molecule has 68 heavy (non-hydrogen) atoms. The van der Waals surface area contributed by atoms with Crippen molar-refractivity contribution in [2.45, 2.75) is 334 Å². The predicted molar refractivity (Wildman–Crippen MR) is 296 cm³/mol. The highest BCUT2D eigenvalue weighted by Gasteiger charge is 2.20. The smallest absolute Gasteiger partial charge is 0.305 e. The summed E-state index contributed by atoms with van der Waals surface area (Å²) < 4.78 is 5.46. The number of hydrogen-bond donors (Lipinski definition) is 3. The summed E-state index contributed by atoms with van der Waals surface area (Å²) in [5.41, 5.74) is 0. The standard InChI is InChI=1S/C62H117NO5/c1-3-5-7-9-11-13-15-17-19-21-22-24-28-32-36-40-44-48-52-56-62(67)68-57-53-49-45-41-37-33-29-25-27-31-35-39-43-47-51-55-61(66)63-59(58-64)60(65)54-50-46-42-38-34-30-26-23-20-18-16-14-12-10-8-6-4-2/h17,19,25,29,33,37,59-60,64-65H,3-16,18,20-24,26-28,30-32,34-36,38-58H2,1-2H3,(H,63,66)/b19-17-,29-25-,37-33-. The maximum Gasteiger partial charge on any atom is 0.305 e. The van der Waals surface area contributed by atoms with Gasteiger partial charge in [0.05, 0.1) is 25.4 Å². The molecule has 0 aliphatic carbocycles. The van der Waals surface area contributed by atoms with E-state index in [9.17, 15) is 19.8 Å². The predicted octanol–water partition coefficient (Wildman–Crippen LogP) is 18.8. The van der Waals surface area contributed by atoms with Gasteiger partial charge in [-0.2, -0.15) is 0 Å². The van der Waals surface area contributed by atoms with E-state index in [1.165, 1.54) is 212 Å². The Morgan fingerprint density at radius 2 is 0.735 bits per heavy atom. The highest BCUT2D eigenvalue weighted by Crippen LogP contribution is 2.17.